The number of morpholine rings is 2. The van der Waals surface area contributed by atoms with Gasteiger partial charge in [-0.3, -0.25) is 4.99 Å². The minimum atomic E-state index is 0.0832. The van der Waals surface area contributed by atoms with Crippen LogP contribution in [0, 0.1) is 5.92 Å². The van der Waals surface area contributed by atoms with Crippen LogP contribution in [0.2, 0.25) is 0 Å². The molecule has 34 heavy (non-hydrogen) atoms. The first kappa shape index (κ1) is 21.8. The van der Waals surface area contributed by atoms with Gasteiger partial charge in [-0.15, -0.1) is 10.2 Å². The molecular formula is C26H34N6O2. The molecule has 2 saturated heterocycles. The molecule has 8 nitrogen and oxygen atoms in total. The molecule has 8 heteroatoms. The number of hydrogen-bond acceptors (Lipinski definition) is 8. The Balaban J connectivity index is 1.50. The van der Waals surface area contributed by atoms with Crippen molar-refractivity contribution in [3.63, 3.8) is 0 Å². The van der Waals surface area contributed by atoms with Crippen molar-refractivity contribution in [3.05, 3.63) is 41.5 Å². The number of nitrogens with zero attached hydrogens (tertiary/aromatic N) is 5. The Morgan fingerprint density at radius 1 is 0.765 bits per heavy atom. The summed E-state index contributed by atoms with van der Waals surface area (Å²) in [5.74, 6) is 3.38. The maximum absolute atomic E-state index is 5.65. The van der Waals surface area contributed by atoms with Gasteiger partial charge in [0.15, 0.2) is 11.6 Å². The number of aliphatic imine (C=N–C) groups is 1. The molecule has 0 radical (unpaired) electrons. The van der Waals surface area contributed by atoms with Gasteiger partial charge in [-0.05, 0) is 18.8 Å². The summed E-state index contributed by atoms with van der Waals surface area (Å²) in [6.07, 6.45) is 6.32. The first-order chi connectivity index (χ1) is 16.9. The zero-order chi connectivity index (χ0) is 22.7. The molecule has 3 aliphatic heterocycles. The lowest BCUT2D eigenvalue weighted by atomic mass is 9.80. The van der Waals surface area contributed by atoms with Crippen molar-refractivity contribution in [3.8, 4) is 0 Å². The number of fused-ring (bicyclic) bond motifs is 1. The number of ether oxygens (including phenoxy) is 2. The molecule has 1 N–H and O–H groups in total. The Morgan fingerprint density at radius 3 is 2.06 bits per heavy atom. The third-order valence-electron chi connectivity index (χ3n) is 7.55. The average molecular weight is 463 g/mol. The van der Waals surface area contributed by atoms with Gasteiger partial charge >= 0.3 is 0 Å². The second kappa shape index (κ2) is 9.88. The molecule has 1 unspecified atom stereocenters. The van der Waals surface area contributed by atoms with Gasteiger partial charge in [0.25, 0.3) is 0 Å². The minimum Gasteiger partial charge on any atom is -0.378 e. The molecule has 1 atom stereocenters. The van der Waals surface area contributed by atoms with Crippen molar-refractivity contribution in [2.45, 2.75) is 38.1 Å². The normalized spacial score (nSPS) is 23.8. The van der Waals surface area contributed by atoms with Crippen LogP contribution < -0.4 is 15.1 Å². The van der Waals surface area contributed by atoms with E-state index < -0.39 is 0 Å². The highest BCUT2D eigenvalue weighted by atomic mass is 16.5. The van der Waals surface area contributed by atoms with E-state index in [1.165, 1.54) is 37.7 Å². The number of nitrogens with one attached hydrogen (secondary N) is 1. The van der Waals surface area contributed by atoms with E-state index in [1.807, 2.05) is 0 Å². The van der Waals surface area contributed by atoms with E-state index in [-0.39, 0.29) is 6.04 Å². The van der Waals surface area contributed by atoms with E-state index in [4.69, 9.17) is 24.7 Å². The quantitative estimate of drug-likeness (QED) is 0.743. The SMILES string of the molecule is c1ccc(C2=NC(C3CCCCC3)c3c(N4CCOCC4)nnc(N4CCOCC4)c3N2)cc1. The molecule has 1 saturated carbocycles. The van der Waals surface area contributed by atoms with Crippen LogP contribution in [0.15, 0.2) is 35.3 Å². The monoisotopic (exact) mass is 462 g/mol. The topological polar surface area (TPSA) is 75.1 Å². The Bertz CT molecular complexity index is 1010. The summed E-state index contributed by atoms with van der Waals surface area (Å²) in [6.45, 7) is 6.21. The lowest BCUT2D eigenvalue weighted by Gasteiger charge is -2.39. The first-order valence-electron chi connectivity index (χ1n) is 12.8. The average Bonchev–Trinajstić information content (AvgIpc) is 2.94. The molecule has 0 amide bonds. The number of amidine groups is 1. The second-order valence-electron chi connectivity index (χ2n) is 9.65. The van der Waals surface area contributed by atoms with Crippen molar-refractivity contribution in [1.29, 1.82) is 0 Å². The molecular weight excluding hydrogens is 428 g/mol. The molecule has 4 aliphatic rings. The molecule has 180 valence electrons. The van der Waals surface area contributed by atoms with Gasteiger partial charge in [0.1, 0.15) is 5.84 Å². The predicted molar refractivity (Wildman–Crippen MR) is 134 cm³/mol. The Labute approximate surface area is 201 Å². The molecule has 1 aliphatic carbocycles. The van der Waals surface area contributed by atoms with Gasteiger partial charge in [0.05, 0.1) is 38.2 Å². The van der Waals surface area contributed by atoms with Crippen molar-refractivity contribution < 1.29 is 9.47 Å². The van der Waals surface area contributed by atoms with Crippen LogP contribution >= 0.6 is 0 Å². The van der Waals surface area contributed by atoms with Crippen LogP contribution in [-0.2, 0) is 9.47 Å². The molecule has 4 heterocycles. The maximum Gasteiger partial charge on any atom is 0.175 e. The van der Waals surface area contributed by atoms with Crippen LogP contribution in [0.3, 0.4) is 0 Å². The predicted octanol–water partition coefficient (Wildman–Crippen LogP) is 3.64. The van der Waals surface area contributed by atoms with Crippen molar-refractivity contribution in [2.24, 2.45) is 10.9 Å². The van der Waals surface area contributed by atoms with Gasteiger partial charge in [-0.1, -0.05) is 49.6 Å². The Hall–Kier alpha value is -2.71. The number of anilines is 3. The van der Waals surface area contributed by atoms with Crippen LogP contribution in [0.4, 0.5) is 17.3 Å². The molecule has 1 aromatic heterocycles. The van der Waals surface area contributed by atoms with Crippen molar-refractivity contribution in [2.75, 3.05) is 67.7 Å². The van der Waals surface area contributed by atoms with Gasteiger partial charge in [-0.25, -0.2) is 0 Å². The summed E-state index contributed by atoms with van der Waals surface area (Å²) in [7, 11) is 0. The van der Waals surface area contributed by atoms with E-state index in [1.54, 1.807) is 0 Å². The largest absolute Gasteiger partial charge is 0.378 e. The first-order valence-corrected chi connectivity index (χ1v) is 12.8. The van der Waals surface area contributed by atoms with Gasteiger partial charge < -0.3 is 24.6 Å². The molecule has 0 bridgehead atoms. The van der Waals surface area contributed by atoms with Crippen LogP contribution in [-0.4, -0.2) is 68.6 Å². The van der Waals surface area contributed by atoms with Crippen LogP contribution in [0.1, 0.15) is 49.3 Å². The molecule has 6 rings (SSSR count). The van der Waals surface area contributed by atoms with Crippen LogP contribution in [0.25, 0.3) is 0 Å². The second-order valence-corrected chi connectivity index (χ2v) is 9.65. The van der Waals surface area contributed by atoms with Gasteiger partial charge in [-0.2, -0.15) is 0 Å². The summed E-state index contributed by atoms with van der Waals surface area (Å²) < 4.78 is 11.3. The summed E-state index contributed by atoms with van der Waals surface area (Å²) in [6, 6.07) is 10.6. The Kier molecular flexibility index (Phi) is 6.33. The highest BCUT2D eigenvalue weighted by molar-refractivity contribution is 6.11. The fourth-order valence-corrected chi connectivity index (χ4v) is 5.73. The van der Waals surface area contributed by atoms with E-state index >= 15 is 0 Å². The standard InChI is InChI=1S/C26H34N6O2/c1-3-7-19(8-4-1)22-21-23(28-24(27-22)20-9-5-2-6-10-20)26(32-13-17-34-18-14-32)30-29-25(21)31-11-15-33-16-12-31/h2,5-6,9-10,19,22H,1,3-4,7-8,11-18H2,(H,27,28). The van der Waals surface area contributed by atoms with E-state index in [0.717, 1.165) is 68.1 Å². The highest BCUT2D eigenvalue weighted by Gasteiger charge is 2.37. The fourth-order valence-electron chi connectivity index (χ4n) is 5.73. The number of aromatic nitrogens is 2. The smallest absolute Gasteiger partial charge is 0.175 e. The van der Waals surface area contributed by atoms with Crippen molar-refractivity contribution >= 4 is 23.2 Å². The Morgan fingerprint density at radius 2 is 1.38 bits per heavy atom. The maximum atomic E-state index is 5.65. The molecule has 1 aromatic carbocycles. The fraction of sp³-hybridized carbons (Fsp3) is 0.577. The minimum absolute atomic E-state index is 0.0832. The lowest BCUT2D eigenvalue weighted by Crippen LogP contribution is -2.41. The van der Waals surface area contributed by atoms with E-state index in [2.05, 4.69) is 45.4 Å². The zero-order valence-electron chi connectivity index (χ0n) is 19.8. The molecule has 0 spiro atoms. The lowest BCUT2D eigenvalue weighted by molar-refractivity contribution is 0.121. The molecule has 3 fully saturated rings. The third-order valence-corrected chi connectivity index (χ3v) is 7.55. The van der Waals surface area contributed by atoms with Gasteiger partial charge in [0, 0.05) is 37.3 Å². The third kappa shape index (κ3) is 4.25. The van der Waals surface area contributed by atoms with Gasteiger partial charge in [0.2, 0.25) is 0 Å². The molecule has 2 aromatic rings. The summed E-state index contributed by atoms with van der Waals surface area (Å²) >= 11 is 0. The van der Waals surface area contributed by atoms with E-state index in [0.29, 0.717) is 19.1 Å². The number of hydrogen-bond donors (Lipinski definition) is 1. The van der Waals surface area contributed by atoms with Crippen molar-refractivity contribution in [1.82, 2.24) is 10.2 Å². The number of benzene rings is 1. The zero-order valence-corrected chi connectivity index (χ0v) is 19.8. The summed E-state index contributed by atoms with van der Waals surface area (Å²) in [4.78, 5) is 10.1. The summed E-state index contributed by atoms with van der Waals surface area (Å²) in [5, 5.41) is 13.4. The van der Waals surface area contributed by atoms with Crippen LogP contribution in [0.5, 0.6) is 0 Å². The van der Waals surface area contributed by atoms with E-state index in [9.17, 15) is 0 Å². The summed E-state index contributed by atoms with van der Waals surface area (Å²) in [5.41, 5.74) is 3.43. The highest BCUT2D eigenvalue weighted by Crippen LogP contribution is 2.48. The number of rotatable bonds is 4.